The SMILES string of the molecule is O=C(CCCn1cccc1)N1CCN(c2ccc(C(F)(F)F)cn2)CC1. The monoisotopic (exact) mass is 366 g/mol. The quantitative estimate of drug-likeness (QED) is 0.817. The van der Waals surface area contributed by atoms with Crippen molar-refractivity contribution < 1.29 is 18.0 Å². The van der Waals surface area contributed by atoms with Crippen molar-refractivity contribution in [2.75, 3.05) is 31.1 Å². The molecule has 3 heterocycles. The van der Waals surface area contributed by atoms with E-state index in [1.807, 2.05) is 38.9 Å². The van der Waals surface area contributed by atoms with E-state index in [1.165, 1.54) is 6.07 Å². The number of aryl methyl sites for hydroxylation is 1. The first-order chi connectivity index (χ1) is 12.4. The minimum atomic E-state index is -4.38. The van der Waals surface area contributed by atoms with Gasteiger partial charge in [0.05, 0.1) is 5.56 Å². The Morgan fingerprint density at radius 2 is 1.77 bits per heavy atom. The number of halogens is 3. The fourth-order valence-corrected chi connectivity index (χ4v) is 3.02. The van der Waals surface area contributed by atoms with Gasteiger partial charge in [0.25, 0.3) is 0 Å². The Balaban J connectivity index is 1.45. The number of hydrogen-bond acceptors (Lipinski definition) is 3. The molecule has 2 aromatic rings. The molecule has 0 unspecified atom stereocenters. The third kappa shape index (κ3) is 4.56. The first-order valence-corrected chi connectivity index (χ1v) is 8.60. The van der Waals surface area contributed by atoms with E-state index in [4.69, 9.17) is 0 Å². The lowest BCUT2D eigenvalue weighted by atomic mass is 10.2. The Morgan fingerprint density at radius 1 is 1.08 bits per heavy atom. The molecular weight excluding hydrogens is 345 g/mol. The number of anilines is 1. The number of carbonyl (C=O) groups excluding carboxylic acids is 1. The van der Waals surface area contributed by atoms with Gasteiger partial charge in [-0.05, 0) is 30.7 Å². The Kier molecular flexibility index (Phi) is 5.49. The van der Waals surface area contributed by atoms with E-state index in [0.29, 0.717) is 38.4 Å². The molecule has 1 amide bonds. The molecule has 8 heteroatoms. The van der Waals surface area contributed by atoms with Gasteiger partial charge in [-0.3, -0.25) is 4.79 Å². The maximum atomic E-state index is 12.6. The first kappa shape index (κ1) is 18.3. The summed E-state index contributed by atoms with van der Waals surface area (Å²) in [6.45, 7) is 3.08. The smallest absolute Gasteiger partial charge is 0.354 e. The number of pyridine rings is 1. The van der Waals surface area contributed by atoms with Gasteiger partial charge in [-0.25, -0.2) is 4.98 Å². The Morgan fingerprint density at radius 3 is 2.35 bits per heavy atom. The molecule has 0 aromatic carbocycles. The molecule has 1 fully saturated rings. The van der Waals surface area contributed by atoms with Gasteiger partial charge >= 0.3 is 6.18 Å². The van der Waals surface area contributed by atoms with Crippen LogP contribution in [0.15, 0.2) is 42.9 Å². The zero-order chi connectivity index (χ0) is 18.6. The molecular formula is C18H21F3N4O. The maximum Gasteiger partial charge on any atom is 0.417 e. The average molecular weight is 366 g/mol. The molecule has 140 valence electrons. The van der Waals surface area contributed by atoms with Crippen molar-refractivity contribution in [3.8, 4) is 0 Å². The number of hydrogen-bond donors (Lipinski definition) is 0. The van der Waals surface area contributed by atoms with Crippen LogP contribution in [-0.4, -0.2) is 46.5 Å². The number of piperazine rings is 1. The summed E-state index contributed by atoms with van der Waals surface area (Å²) in [5.74, 6) is 0.634. The van der Waals surface area contributed by atoms with Crippen LogP contribution in [0.25, 0.3) is 0 Å². The molecule has 0 aliphatic carbocycles. The van der Waals surface area contributed by atoms with Crippen molar-refractivity contribution in [1.82, 2.24) is 14.5 Å². The van der Waals surface area contributed by atoms with E-state index in [1.54, 1.807) is 0 Å². The van der Waals surface area contributed by atoms with Crippen molar-refractivity contribution in [2.24, 2.45) is 0 Å². The van der Waals surface area contributed by atoms with Crippen molar-refractivity contribution >= 4 is 11.7 Å². The molecule has 0 N–H and O–H groups in total. The van der Waals surface area contributed by atoms with Crippen LogP contribution < -0.4 is 4.90 Å². The Labute approximate surface area is 150 Å². The number of nitrogens with zero attached hydrogens (tertiary/aromatic N) is 4. The second-order valence-corrected chi connectivity index (χ2v) is 6.30. The molecule has 1 aliphatic rings. The van der Waals surface area contributed by atoms with E-state index in [9.17, 15) is 18.0 Å². The largest absolute Gasteiger partial charge is 0.417 e. The lowest BCUT2D eigenvalue weighted by Crippen LogP contribution is -2.49. The zero-order valence-corrected chi connectivity index (χ0v) is 14.3. The summed E-state index contributed by atoms with van der Waals surface area (Å²) in [6.07, 6.45) is 1.71. The van der Waals surface area contributed by atoms with Crippen LogP contribution in [0.1, 0.15) is 18.4 Å². The van der Waals surface area contributed by atoms with E-state index in [2.05, 4.69) is 4.98 Å². The molecule has 0 radical (unpaired) electrons. The van der Waals surface area contributed by atoms with E-state index < -0.39 is 11.7 Å². The lowest BCUT2D eigenvalue weighted by molar-refractivity contribution is -0.137. The summed E-state index contributed by atoms with van der Waals surface area (Å²) in [6, 6.07) is 6.34. The van der Waals surface area contributed by atoms with Crippen molar-refractivity contribution in [2.45, 2.75) is 25.6 Å². The summed E-state index contributed by atoms with van der Waals surface area (Å²) in [4.78, 5) is 19.9. The van der Waals surface area contributed by atoms with Gasteiger partial charge in [0, 0.05) is 57.7 Å². The zero-order valence-electron chi connectivity index (χ0n) is 14.3. The summed E-state index contributed by atoms with van der Waals surface area (Å²) in [5.41, 5.74) is -0.752. The Hall–Kier alpha value is -2.51. The predicted molar refractivity (Wildman–Crippen MR) is 91.7 cm³/mol. The molecule has 0 saturated carbocycles. The summed E-state index contributed by atoms with van der Waals surface area (Å²) in [5, 5.41) is 0. The fraction of sp³-hybridized carbons (Fsp3) is 0.444. The second kappa shape index (κ2) is 7.80. The van der Waals surface area contributed by atoms with Crippen LogP contribution >= 0.6 is 0 Å². The predicted octanol–water partition coefficient (Wildman–Crippen LogP) is 3.03. The summed E-state index contributed by atoms with van der Waals surface area (Å²) < 4.78 is 39.8. The second-order valence-electron chi connectivity index (χ2n) is 6.30. The molecule has 2 aromatic heterocycles. The number of alkyl halides is 3. The molecule has 0 atom stereocenters. The van der Waals surface area contributed by atoms with Crippen LogP contribution in [0, 0.1) is 0 Å². The van der Waals surface area contributed by atoms with Crippen molar-refractivity contribution in [1.29, 1.82) is 0 Å². The van der Waals surface area contributed by atoms with E-state index in [0.717, 1.165) is 25.2 Å². The fourth-order valence-electron chi connectivity index (χ4n) is 3.02. The standard InChI is InChI=1S/C18H21F3N4O/c19-18(20,21)15-5-6-16(22-14-15)24-10-12-25(13-11-24)17(26)4-3-9-23-7-1-2-8-23/h1-2,5-8,14H,3-4,9-13H2. The van der Waals surface area contributed by atoms with Gasteiger partial charge in [-0.1, -0.05) is 0 Å². The number of amides is 1. The third-order valence-corrected chi connectivity index (χ3v) is 4.50. The number of carbonyl (C=O) groups is 1. The highest BCUT2D eigenvalue weighted by Crippen LogP contribution is 2.29. The van der Waals surface area contributed by atoms with Crippen molar-refractivity contribution in [3.63, 3.8) is 0 Å². The lowest BCUT2D eigenvalue weighted by Gasteiger charge is -2.35. The molecule has 0 spiro atoms. The Bertz CT molecular complexity index is 705. The van der Waals surface area contributed by atoms with Crippen LogP contribution in [0.2, 0.25) is 0 Å². The summed E-state index contributed by atoms with van der Waals surface area (Å²) in [7, 11) is 0. The normalized spacial score (nSPS) is 15.3. The van der Waals surface area contributed by atoms with Gasteiger partial charge in [0.1, 0.15) is 5.82 Å². The van der Waals surface area contributed by atoms with Gasteiger partial charge in [-0.2, -0.15) is 13.2 Å². The highest BCUT2D eigenvalue weighted by Gasteiger charge is 2.31. The van der Waals surface area contributed by atoms with Gasteiger partial charge in [0.15, 0.2) is 0 Å². The minimum absolute atomic E-state index is 0.122. The molecule has 1 saturated heterocycles. The van der Waals surface area contributed by atoms with Gasteiger partial charge < -0.3 is 14.4 Å². The highest BCUT2D eigenvalue weighted by atomic mass is 19.4. The molecule has 5 nitrogen and oxygen atoms in total. The van der Waals surface area contributed by atoms with E-state index in [-0.39, 0.29) is 5.91 Å². The third-order valence-electron chi connectivity index (χ3n) is 4.50. The molecule has 0 bridgehead atoms. The molecule has 1 aliphatic heterocycles. The average Bonchev–Trinajstić information content (AvgIpc) is 3.15. The molecule has 26 heavy (non-hydrogen) atoms. The summed E-state index contributed by atoms with van der Waals surface area (Å²) >= 11 is 0. The number of rotatable bonds is 5. The van der Waals surface area contributed by atoms with Crippen LogP contribution in [-0.2, 0) is 17.5 Å². The first-order valence-electron chi connectivity index (χ1n) is 8.60. The van der Waals surface area contributed by atoms with Crippen LogP contribution in [0.4, 0.5) is 19.0 Å². The number of aromatic nitrogens is 2. The van der Waals surface area contributed by atoms with Crippen LogP contribution in [0.5, 0.6) is 0 Å². The molecule has 3 rings (SSSR count). The topological polar surface area (TPSA) is 41.4 Å². The van der Waals surface area contributed by atoms with Crippen molar-refractivity contribution in [3.05, 3.63) is 48.4 Å². The van der Waals surface area contributed by atoms with Gasteiger partial charge in [-0.15, -0.1) is 0 Å². The van der Waals surface area contributed by atoms with Crippen LogP contribution in [0.3, 0.4) is 0 Å². The minimum Gasteiger partial charge on any atom is -0.354 e. The highest BCUT2D eigenvalue weighted by molar-refractivity contribution is 5.76. The maximum absolute atomic E-state index is 12.6. The van der Waals surface area contributed by atoms with E-state index >= 15 is 0 Å². The van der Waals surface area contributed by atoms with Gasteiger partial charge in [0.2, 0.25) is 5.91 Å².